The first kappa shape index (κ1) is 13.9. The maximum Gasteiger partial charge on any atom is 0.339 e. The molecule has 2 N–H and O–H groups in total. The molecule has 1 aromatic carbocycles. The highest BCUT2D eigenvalue weighted by Crippen LogP contribution is 2.33. The van der Waals surface area contributed by atoms with Crippen LogP contribution in [0.5, 0.6) is 0 Å². The van der Waals surface area contributed by atoms with Gasteiger partial charge in [-0.2, -0.15) is 0 Å². The predicted octanol–water partition coefficient (Wildman–Crippen LogP) is 2.04. The van der Waals surface area contributed by atoms with Crippen LogP contribution in [0.1, 0.15) is 29.6 Å². The van der Waals surface area contributed by atoms with Gasteiger partial charge in [-0.3, -0.25) is 0 Å². The van der Waals surface area contributed by atoms with Crippen molar-refractivity contribution in [1.82, 2.24) is 0 Å². The number of rotatable bonds is 4. The number of ether oxygens (including phenoxy) is 1. The second-order valence-corrected chi connectivity index (χ2v) is 5.11. The summed E-state index contributed by atoms with van der Waals surface area (Å²) in [6, 6.07) is 8.00. The van der Waals surface area contributed by atoms with Crippen LogP contribution in [0.4, 0.5) is 5.69 Å². The monoisotopic (exact) mass is 262 g/mol. The molecule has 2 unspecified atom stereocenters. The van der Waals surface area contributed by atoms with Gasteiger partial charge in [0, 0.05) is 13.1 Å². The summed E-state index contributed by atoms with van der Waals surface area (Å²) in [5, 5.41) is 0. The quantitative estimate of drug-likeness (QED) is 0.844. The van der Waals surface area contributed by atoms with E-state index in [0.717, 1.165) is 12.1 Å². The summed E-state index contributed by atoms with van der Waals surface area (Å²) in [5.41, 5.74) is 7.40. The number of methoxy groups -OCH3 is 1. The van der Waals surface area contributed by atoms with Crippen molar-refractivity contribution in [2.45, 2.75) is 25.3 Å². The fraction of sp³-hybridized carbons (Fsp3) is 0.533. The van der Waals surface area contributed by atoms with E-state index in [9.17, 15) is 4.79 Å². The number of carbonyl (C=O) groups excluding carboxylic acids is 1. The molecule has 2 rings (SSSR count). The number of hydrogen-bond acceptors (Lipinski definition) is 4. The van der Waals surface area contributed by atoms with Gasteiger partial charge in [-0.25, -0.2) is 4.79 Å². The van der Waals surface area contributed by atoms with Crippen molar-refractivity contribution in [3.63, 3.8) is 0 Å². The zero-order valence-electron chi connectivity index (χ0n) is 11.6. The molecule has 0 bridgehead atoms. The SMILES string of the molecule is COC(=O)c1ccccc1N(C)C1CCCC1CN. The van der Waals surface area contributed by atoms with E-state index >= 15 is 0 Å². The Balaban J connectivity index is 2.28. The first-order chi connectivity index (χ1) is 9.19. The number of carbonyl (C=O) groups is 1. The minimum absolute atomic E-state index is 0.287. The summed E-state index contributed by atoms with van der Waals surface area (Å²) in [6.07, 6.45) is 3.51. The number of esters is 1. The van der Waals surface area contributed by atoms with Crippen LogP contribution in [-0.2, 0) is 4.74 Å². The van der Waals surface area contributed by atoms with Crippen molar-refractivity contribution in [1.29, 1.82) is 0 Å². The van der Waals surface area contributed by atoms with Crippen molar-refractivity contribution in [3.8, 4) is 0 Å². The average Bonchev–Trinajstić information content (AvgIpc) is 2.94. The third-order valence-corrected chi connectivity index (χ3v) is 4.11. The first-order valence-electron chi connectivity index (χ1n) is 6.79. The number of benzene rings is 1. The fourth-order valence-corrected chi connectivity index (χ4v) is 3.04. The van der Waals surface area contributed by atoms with E-state index in [4.69, 9.17) is 10.5 Å². The van der Waals surface area contributed by atoms with Crippen molar-refractivity contribution >= 4 is 11.7 Å². The van der Waals surface area contributed by atoms with E-state index in [2.05, 4.69) is 4.90 Å². The Bertz CT molecular complexity index is 448. The molecule has 4 heteroatoms. The molecular formula is C15H22N2O2. The molecule has 4 nitrogen and oxygen atoms in total. The highest BCUT2D eigenvalue weighted by Gasteiger charge is 2.30. The Kier molecular flexibility index (Phi) is 4.43. The summed E-state index contributed by atoms with van der Waals surface area (Å²) in [5.74, 6) is 0.223. The molecule has 0 saturated heterocycles. The Morgan fingerprint density at radius 3 is 2.84 bits per heavy atom. The molecule has 1 aromatic rings. The van der Waals surface area contributed by atoms with Crippen LogP contribution < -0.4 is 10.6 Å². The Morgan fingerprint density at radius 2 is 2.16 bits per heavy atom. The number of para-hydroxylation sites is 1. The topological polar surface area (TPSA) is 55.6 Å². The molecule has 0 amide bonds. The van der Waals surface area contributed by atoms with Gasteiger partial charge in [-0.15, -0.1) is 0 Å². The van der Waals surface area contributed by atoms with Gasteiger partial charge in [0.25, 0.3) is 0 Å². The Hall–Kier alpha value is -1.55. The standard InChI is InChI=1S/C15H22N2O2/c1-17(13-9-5-6-11(13)10-16)14-8-4-3-7-12(14)15(18)19-2/h3-4,7-8,11,13H,5-6,9-10,16H2,1-2H3. The van der Waals surface area contributed by atoms with Gasteiger partial charge in [0.2, 0.25) is 0 Å². The highest BCUT2D eigenvalue weighted by molar-refractivity contribution is 5.95. The van der Waals surface area contributed by atoms with Crippen LogP contribution >= 0.6 is 0 Å². The van der Waals surface area contributed by atoms with E-state index in [1.807, 2.05) is 31.3 Å². The van der Waals surface area contributed by atoms with Crippen molar-refractivity contribution in [2.75, 3.05) is 25.6 Å². The molecule has 1 aliphatic rings. The summed E-state index contributed by atoms with van der Waals surface area (Å²) >= 11 is 0. The minimum atomic E-state index is -0.287. The Morgan fingerprint density at radius 1 is 1.42 bits per heavy atom. The second kappa shape index (κ2) is 6.06. The van der Waals surface area contributed by atoms with Crippen LogP contribution in [0.3, 0.4) is 0 Å². The molecule has 0 spiro atoms. The minimum Gasteiger partial charge on any atom is -0.465 e. The van der Waals surface area contributed by atoms with Crippen molar-refractivity contribution in [3.05, 3.63) is 29.8 Å². The molecule has 0 radical (unpaired) electrons. The van der Waals surface area contributed by atoms with Crippen molar-refractivity contribution in [2.24, 2.45) is 11.7 Å². The molecule has 19 heavy (non-hydrogen) atoms. The predicted molar refractivity (Wildman–Crippen MR) is 76.4 cm³/mol. The van der Waals surface area contributed by atoms with Crippen LogP contribution in [-0.4, -0.2) is 32.7 Å². The van der Waals surface area contributed by atoms with Crippen LogP contribution in [0.2, 0.25) is 0 Å². The number of hydrogen-bond donors (Lipinski definition) is 1. The third-order valence-electron chi connectivity index (χ3n) is 4.11. The lowest BCUT2D eigenvalue weighted by atomic mass is 10.0. The van der Waals surface area contributed by atoms with E-state index in [1.54, 1.807) is 0 Å². The summed E-state index contributed by atoms with van der Waals surface area (Å²) < 4.78 is 4.85. The normalized spacial score (nSPS) is 22.3. The van der Waals surface area contributed by atoms with Gasteiger partial charge in [-0.05, 0) is 37.4 Å². The maximum atomic E-state index is 11.8. The first-order valence-corrected chi connectivity index (χ1v) is 6.79. The third kappa shape index (κ3) is 2.73. The lowest BCUT2D eigenvalue weighted by Gasteiger charge is -2.32. The van der Waals surface area contributed by atoms with Crippen LogP contribution in [0.15, 0.2) is 24.3 Å². The smallest absolute Gasteiger partial charge is 0.339 e. The molecule has 1 aliphatic carbocycles. The van der Waals surface area contributed by atoms with E-state index in [1.165, 1.54) is 20.0 Å². The number of anilines is 1. The van der Waals surface area contributed by atoms with Crippen LogP contribution in [0.25, 0.3) is 0 Å². The van der Waals surface area contributed by atoms with Gasteiger partial charge in [-0.1, -0.05) is 18.6 Å². The summed E-state index contributed by atoms with van der Waals surface area (Å²) in [7, 11) is 3.46. The fourth-order valence-electron chi connectivity index (χ4n) is 3.04. The molecule has 104 valence electrons. The van der Waals surface area contributed by atoms with Crippen molar-refractivity contribution < 1.29 is 9.53 Å². The van der Waals surface area contributed by atoms with Gasteiger partial charge in [0.15, 0.2) is 0 Å². The zero-order valence-corrected chi connectivity index (χ0v) is 11.6. The van der Waals surface area contributed by atoms with Gasteiger partial charge < -0.3 is 15.4 Å². The number of nitrogens with two attached hydrogens (primary N) is 1. The van der Waals surface area contributed by atoms with Gasteiger partial charge in [0.1, 0.15) is 0 Å². The van der Waals surface area contributed by atoms with E-state index in [0.29, 0.717) is 24.1 Å². The molecule has 1 fully saturated rings. The second-order valence-electron chi connectivity index (χ2n) is 5.11. The molecule has 0 aliphatic heterocycles. The average molecular weight is 262 g/mol. The molecule has 1 saturated carbocycles. The van der Waals surface area contributed by atoms with E-state index < -0.39 is 0 Å². The van der Waals surface area contributed by atoms with Gasteiger partial charge in [0.05, 0.1) is 18.4 Å². The van der Waals surface area contributed by atoms with E-state index in [-0.39, 0.29) is 5.97 Å². The largest absolute Gasteiger partial charge is 0.465 e. The zero-order chi connectivity index (χ0) is 13.8. The summed E-state index contributed by atoms with van der Waals surface area (Å²) in [4.78, 5) is 14.0. The number of nitrogens with zero attached hydrogens (tertiary/aromatic N) is 1. The molecule has 0 aromatic heterocycles. The maximum absolute atomic E-state index is 11.8. The van der Waals surface area contributed by atoms with Gasteiger partial charge >= 0.3 is 5.97 Å². The Labute approximate surface area is 114 Å². The summed E-state index contributed by atoms with van der Waals surface area (Å²) in [6.45, 7) is 0.704. The van der Waals surface area contributed by atoms with Crippen LogP contribution in [0, 0.1) is 5.92 Å². The molecule has 0 heterocycles. The molecule has 2 atom stereocenters. The lowest BCUT2D eigenvalue weighted by Crippen LogP contribution is -2.38. The lowest BCUT2D eigenvalue weighted by molar-refractivity contribution is 0.0601. The molecular weight excluding hydrogens is 240 g/mol. The highest BCUT2D eigenvalue weighted by atomic mass is 16.5.